The molecule has 0 atom stereocenters. The number of aromatic nitrogens is 2. The summed E-state index contributed by atoms with van der Waals surface area (Å²) in [6.07, 6.45) is 0.784. The van der Waals surface area contributed by atoms with E-state index in [0.29, 0.717) is 12.5 Å². The fourth-order valence-corrected chi connectivity index (χ4v) is 2.21. The molecule has 0 bridgehead atoms. The molecule has 0 unspecified atom stereocenters. The zero-order valence-electron chi connectivity index (χ0n) is 11.7. The number of rotatable bonds is 6. The fraction of sp³-hybridized carbons (Fsp3) is 0.333. The van der Waals surface area contributed by atoms with Crippen molar-refractivity contribution in [2.24, 2.45) is 0 Å². The van der Waals surface area contributed by atoms with Gasteiger partial charge in [-0.15, -0.1) is 0 Å². The second kappa shape index (κ2) is 7.24. The summed E-state index contributed by atoms with van der Waals surface area (Å²) < 4.78 is 6.81. The minimum absolute atomic E-state index is 0.491. The van der Waals surface area contributed by atoms with Gasteiger partial charge in [-0.05, 0) is 24.6 Å². The SMILES string of the molecule is CCNc1cc(OCc2cccc(Br)c2)nc(CC)n1. The average Bonchev–Trinajstić information content (AvgIpc) is 2.45. The third kappa shape index (κ3) is 4.20. The first-order valence-electron chi connectivity index (χ1n) is 6.70. The minimum atomic E-state index is 0.491. The van der Waals surface area contributed by atoms with Crippen LogP contribution in [0.3, 0.4) is 0 Å². The Morgan fingerprint density at radius 3 is 2.75 bits per heavy atom. The highest BCUT2D eigenvalue weighted by atomic mass is 79.9. The lowest BCUT2D eigenvalue weighted by atomic mass is 10.2. The van der Waals surface area contributed by atoms with E-state index in [-0.39, 0.29) is 0 Å². The number of anilines is 1. The third-order valence-electron chi connectivity index (χ3n) is 2.70. The van der Waals surface area contributed by atoms with Crippen LogP contribution in [0.25, 0.3) is 0 Å². The first-order chi connectivity index (χ1) is 9.71. The van der Waals surface area contributed by atoms with Crippen LogP contribution in [0, 0.1) is 0 Å². The van der Waals surface area contributed by atoms with E-state index < -0.39 is 0 Å². The molecule has 0 radical (unpaired) electrons. The van der Waals surface area contributed by atoms with Gasteiger partial charge in [0.1, 0.15) is 18.2 Å². The molecule has 5 heteroatoms. The van der Waals surface area contributed by atoms with Crippen molar-refractivity contribution in [3.8, 4) is 5.88 Å². The van der Waals surface area contributed by atoms with Crippen LogP contribution >= 0.6 is 15.9 Å². The molecule has 0 spiro atoms. The van der Waals surface area contributed by atoms with Crippen molar-refractivity contribution >= 4 is 21.7 Å². The summed E-state index contributed by atoms with van der Waals surface area (Å²) in [5, 5.41) is 3.19. The van der Waals surface area contributed by atoms with Crippen molar-refractivity contribution in [2.75, 3.05) is 11.9 Å². The molecule has 0 saturated carbocycles. The van der Waals surface area contributed by atoms with E-state index in [2.05, 4.69) is 31.2 Å². The van der Waals surface area contributed by atoms with E-state index in [1.54, 1.807) is 0 Å². The van der Waals surface area contributed by atoms with E-state index in [4.69, 9.17) is 4.74 Å². The van der Waals surface area contributed by atoms with Crippen LogP contribution in [0.15, 0.2) is 34.8 Å². The molecular formula is C15H18BrN3O. The van der Waals surface area contributed by atoms with Crippen molar-refractivity contribution in [1.29, 1.82) is 0 Å². The Labute approximate surface area is 127 Å². The Bertz CT molecular complexity index is 575. The summed E-state index contributed by atoms with van der Waals surface area (Å²) in [5.41, 5.74) is 1.10. The van der Waals surface area contributed by atoms with Gasteiger partial charge in [0.25, 0.3) is 0 Å². The molecule has 0 aliphatic carbocycles. The van der Waals surface area contributed by atoms with E-state index >= 15 is 0 Å². The van der Waals surface area contributed by atoms with Crippen LogP contribution in [0.5, 0.6) is 5.88 Å². The zero-order chi connectivity index (χ0) is 14.4. The summed E-state index contributed by atoms with van der Waals surface area (Å²) in [4.78, 5) is 8.79. The van der Waals surface area contributed by atoms with Crippen molar-refractivity contribution < 1.29 is 4.74 Å². The van der Waals surface area contributed by atoms with Gasteiger partial charge in [0, 0.05) is 23.5 Å². The number of hydrogen-bond acceptors (Lipinski definition) is 4. The van der Waals surface area contributed by atoms with Gasteiger partial charge in [-0.1, -0.05) is 35.0 Å². The molecule has 2 aromatic rings. The number of ether oxygens (including phenoxy) is 1. The smallest absolute Gasteiger partial charge is 0.219 e. The van der Waals surface area contributed by atoms with Crippen LogP contribution in [-0.4, -0.2) is 16.5 Å². The maximum Gasteiger partial charge on any atom is 0.219 e. The maximum absolute atomic E-state index is 5.76. The molecule has 0 saturated heterocycles. The Morgan fingerprint density at radius 1 is 1.20 bits per heavy atom. The quantitative estimate of drug-likeness (QED) is 0.871. The maximum atomic E-state index is 5.76. The monoisotopic (exact) mass is 335 g/mol. The molecule has 1 aromatic carbocycles. The lowest BCUT2D eigenvalue weighted by molar-refractivity contribution is 0.292. The topological polar surface area (TPSA) is 47.0 Å². The zero-order valence-corrected chi connectivity index (χ0v) is 13.3. The van der Waals surface area contributed by atoms with Gasteiger partial charge in [-0.25, -0.2) is 4.98 Å². The van der Waals surface area contributed by atoms with Crippen LogP contribution in [0.4, 0.5) is 5.82 Å². The molecule has 2 rings (SSSR count). The van der Waals surface area contributed by atoms with Gasteiger partial charge in [0.05, 0.1) is 0 Å². The van der Waals surface area contributed by atoms with Gasteiger partial charge in [0.15, 0.2) is 0 Å². The predicted molar refractivity (Wildman–Crippen MR) is 84.0 cm³/mol. The van der Waals surface area contributed by atoms with Crippen LogP contribution in [0.2, 0.25) is 0 Å². The number of aryl methyl sites for hydroxylation is 1. The number of nitrogens with one attached hydrogen (secondary N) is 1. The third-order valence-corrected chi connectivity index (χ3v) is 3.19. The summed E-state index contributed by atoms with van der Waals surface area (Å²) in [6.45, 7) is 5.38. The van der Waals surface area contributed by atoms with Gasteiger partial charge in [-0.2, -0.15) is 4.98 Å². The lowest BCUT2D eigenvalue weighted by Gasteiger charge is -2.09. The Balaban J connectivity index is 2.10. The Kier molecular flexibility index (Phi) is 5.35. The molecule has 0 amide bonds. The highest BCUT2D eigenvalue weighted by Crippen LogP contribution is 2.17. The molecule has 20 heavy (non-hydrogen) atoms. The van der Waals surface area contributed by atoms with Crippen LogP contribution in [-0.2, 0) is 13.0 Å². The standard InChI is InChI=1S/C15H18BrN3O/c1-3-13-18-14(17-4-2)9-15(19-13)20-10-11-6-5-7-12(16)8-11/h5-9H,3-4,10H2,1-2H3,(H,17,18,19). The lowest BCUT2D eigenvalue weighted by Crippen LogP contribution is -2.05. The van der Waals surface area contributed by atoms with Gasteiger partial charge in [-0.3, -0.25) is 0 Å². The van der Waals surface area contributed by atoms with Gasteiger partial charge >= 0.3 is 0 Å². The normalized spacial score (nSPS) is 10.3. The summed E-state index contributed by atoms with van der Waals surface area (Å²) >= 11 is 3.45. The molecular weight excluding hydrogens is 318 g/mol. The average molecular weight is 336 g/mol. The van der Waals surface area contributed by atoms with E-state index in [9.17, 15) is 0 Å². The highest BCUT2D eigenvalue weighted by Gasteiger charge is 2.04. The molecule has 106 valence electrons. The largest absolute Gasteiger partial charge is 0.473 e. The van der Waals surface area contributed by atoms with E-state index in [1.165, 1.54) is 0 Å². The first-order valence-corrected chi connectivity index (χ1v) is 7.49. The molecule has 4 nitrogen and oxygen atoms in total. The fourth-order valence-electron chi connectivity index (χ4n) is 1.76. The summed E-state index contributed by atoms with van der Waals surface area (Å²) in [7, 11) is 0. The van der Waals surface area contributed by atoms with Gasteiger partial charge in [0.2, 0.25) is 5.88 Å². The van der Waals surface area contributed by atoms with Gasteiger partial charge < -0.3 is 10.1 Å². The minimum Gasteiger partial charge on any atom is -0.473 e. The molecule has 1 aromatic heterocycles. The van der Waals surface area contributed by atoms with Crippen LogP contribution in [0.1, 0.15) is 25.2 Å². The molecule has 0 fully saturated rings. The van der Waals surface area contributed by atoms with E-state index in [1.807, 2.05) is 44.2 Å². The Morgan fingerprint density at radius 2 is 2.05 bits per heavy atom. The van der Waals surface area contributed by atoms with Crippen molar-refractivity contribution in [3.05, 3.63) is 46.2 Å². The van der Waals surface area contributed by atoms with Crippen LogP contribution < -0.4 is 10.1 Å². The number of benzene rings is 1. The van der Waals surface area contributed by atoms with Crippen molar-refractivity contribution in [3.63, 3.8) is 0 Å². The molecule has 1 N–H and O–H groups in total. The number of hydrogen-bond donors (Lipinski definition) is 1. The molecule has 0 aliphatic heterocycles. The number of halogens is 1. The Hall–Kier alpha value is -1.62. The summed E-state index contributed by atoms with van der Waals surface area (Å²) in [5.74, 6) is 2.20. The predicted octanol–water partition coefficient (Wildman–Crippen LogP) is 3.81. The van der Waals surface area contributed by atoms with Crippen molar-refractivity contribution in [2.45, 2.75) is 26.9 Å². The molecule has 1 heterocycles. The first kappa shape index (κ1) is 14.8. The number of nitrogens with zero attached hydrogens (tertiary/aromatic N) is 2. The highest BCUT2D eigenvalue weighted by molar-refractivity contribution is 9.10. The summed E-state index contributed by atoms with van der Waals surface area (Å²) in [6, 6.07) is 9.88. The van der Waals surface area contributed by atoms with E-state index in [0.717, 1.165) is 34.6 Å². The molecule has 0 aliphatic rings. The second-order valence-electron chi connectivity index (χ2n) is 4.31. The second-order valence-corrected chi connectivity index (χ2v) is 5.23. The van der Waals surface area contributed by atoms with Crippen molar-refractivity contribution in [1.82, 2.24) is 9.97 Å².